The van der Waals surface area contributed by atoms with Crippen LogP contribution in [0, 0.1) is 0 Å². The van der Waals surface area contributed by atoms with Crippen LogP contribution in [0.5, 0.6) is 0 Å². The van der Waals surface area contributed by atoms with E-state index in [0.29, 0.717) is 12.1 Å². The summed E-state index contributed by atoms with van der Waals surface area (Å²) in [4.78, 5) is 2.42. The second-order valence-electron chi connectivity index (χ2n) is 4.27. The van der Waals surface area contributed by atoms with Gasteiger partial charge in [0.05, 0.1) is 12.2 Å². The molecule has 0 aromatic heterocycles. The van der Waals surface area contributed by atoms with Gasteiger partial charge in [-0.25, -0.2) is 0 Å². The predicted octanol–water partition coefficient (Wildman–Crippen LogP) is 0.620. The molecule has 0 bridgehead atoms. The number of likely N-dealkylation sites (tertiary alicyclic amines) is 1. The van der Waals surface area contributed by atoms with E-state index in [1.807, 2.05) is 0 Å². The van der Waals surface area contributed by atoms with Crippen molar-refractivity contribution in [3.05, 3.63) is 0 Å². The molecular weight excluding hydrogens is 166 g/mol. The summed E-state index contributed by atoms with van der Waals surface area (Å²) < 4.78 is 5.24. The Bertz CT molecular complexity index is 168. The smallest absolute Gasteiger partial charge is 0.0667 e. The predicted molar refractivity (Wildman–Crippen MR) is 50.6 cm³/mol. The number of hydrogen-bond acceptors (Lipinski definition) is 3. The normalized spacial score (nSPS) is 41.5. The Morgan fingerprint density at radius 2 is 2.15 bits per heavy atom. The molecule has 1 heterocycles. The highest BCUT2D eigenvalue weighted by Gasteiger charge is 2.35. The molecule has 1 aliphatic heterocycles. The Kier molecular flexibility index (Phi) is 2.86. The van der Waals surface area contributed by atoms with Crippen LogP contribution in [0.4, 0.5) is 0 Å². The maximum Gasteiger partial charge on any atom is 0.0667 e. The van der Waals surface area contributed by atoms with E-state index in [1.54, 1.807) is 7.11 Å². The summed E-state index contributed by atoms with van der Waals surface area (Å²) in [5.74, 6) is 0. The van der Waals surface area contributed by atoms with Gasteiger partial charge in [-0.3, -0.25) is 4.90 Å². The summed E-state index contributed by atoms with van der Waals surface area (Å²) in [5, 5.41) is 9.50. The second-order valence-corrected chi connectivity index (χ2v) is 4.27. The van der Waals surface area contributed by atoms with Gasteiger partial charge in [0, 0.05) is 19.7 Å². The highest BCUT2D eigenvalue weighted by Crippen LogP contribution is 2.29. The highest BCUT2D eigenvalue weighted by atomic mass is 16.5. The molecule has 0 radical (unpaired) electrons. The van der Waals surface area contributed by atoms with E-state index in [1.165, 1.54) is 0 Å². The zero-order valence-corrected chi connectivity index (χ0v) is 8.28. The maximum absolute atomic E-state index is 9.50. The molecule has 1 atom stereocenters. The lowest BCUT2D eigenvalue weighted by Gasteiger charge is -2.44. The van der Waals surface area contributed by atoms with E-state index in [9.17, 15) is 5.11 Å². The van der Waals surface area contributed by atoms with Crippen LogP contribution in [0.3, 0.4) is 0 Å². The van der Waals surface area contributed by atoms with Crippen LogP contribution >= 0.6 is 0 Å². The summed E-state index contributed by atoms with van der Waals surface area (Å²) in [5.41, 5.74) is 0. The highest BCUT2D eigenvalue weighted by molar-refractivity contribution is 4.90. The van der Waals surface area contributed by atoms with Crippen molar-refractivity contribution in [1.29, 1.82) is 0 Å². The van der Waals surface area contributed by atoms with Gasteiger partial charge in [-0.15, -0.1) is 0 Å². The van der Waals surface area contributed by atoms with Crippen molar-refractivity contribution in [1.82, 2.24) is 4.90 Å². The average Bonchev–Trinajstić information content (AvgIpc) is 2.02. The van der Waals surface area contributed by atoms with Gasteiger partial charge in [-0.05, 0) is 32.2 Å². The van der Waals surface area contributed by atoms with Crippen LogP contribution in [-0.4, -0.2) is 48.5 Å². The van der Waals surface area contributed by atoms with Crippen LogP contribution in [-0.2, 0) is 4.74 Å². The lowest BCUT2D eigenvalue weighted by molar-refractivity contribution is -0.0503. The second kappa shape index (κ2) is 3.95. The molecule has 13 heavy (non-hydrogen) atoms. The van der Waals surface area contributed by atoms with Crippen molar-refractivity contribution in [2.75, 3.05) is 20.2 Å². The molecule has 1 saturated carbocycles. The first-order chi connectivity index (χ1) is 6.29. The molecule has 2 aliphatic rings. The lowest BCUT2D eigenvalue weighted by atomic mass is 9.86. The van der Waals surface area contributed by atoms with E-state index in [0.717, 1.165) is 38.8 Å². The Hall–Kier alpha value is -0.120. The first-order valence-electron chi connectivity index (χ1n) is 5.24. The number of β-amino-alcohol motifs (C(OH)–C–C–N with tert-alkyl or cyclic N) is 1. The number of nitrogens with zero attached hydrogens (tertiary/aromatic N) is 1. The van der Waals surface area contributed by atoms with Crippen LogP contribution in [0.2, 0.25) is 0 Å². The van der Waals surface area contributed by atoms with Crippen molar-refractivity contribution < 1.29 is 9.84 Å². The SMILES string of the molecule is COC1CC(N2CCC[C@H](O)C2)C1. The molecule has 0 amide bonds. The van der Waals surface area contributed by atoms with E-state index < -0.39 is 0 Å². The molecule has 3 nitrogen and oxygen atoms in total. The maximum atomic E-state index is 9.50. The molecule has 0 unspecified atom stereocenters. The number of methoxy groups -OCH3 is 1. The first kappa shape index (κ1) is 9.44. The summed E-state index contributed by atoms with van der Waals surface area (Å²) in [6, 6.07) is 0.680. The minimum atomic E-state index is -0.0876. The van der Waals surface area contributed by atoms with Gasteiger partial charge in [-0.1, -0.05) is 0 Å². The zero-order chi connectivity index (χ0) is 9.26. The molecule has 0 aromatic carbocycles. The summed E-state index contributed by atoms with van der Waals surface area (Å²) in [7, 11) is 1.78. The van der Waals surface area contributed by atoms with Gasteiger partial charge in [0.25, 0.3) is 0 Å². The number of aliphatic hydroxyl groups excluding tert-OH is 1. The van der Waals surface area contributed by atoms with Crippen LogP contribution in [0.15, 0.2) is 0 Å². The molecule has 1 N–H and O–H groups in total. The van der Waals surface area contributed by atoms with E-state index in [2.05, 4.69) is 4.90 Å². The topological polar surface area (TPSA) is 32.7 Å². The molecule has 1 saturated heterocycles. The number of ether oxygens (including phenoxy) is 1. The zero-order valence-electron chi connectivity index (χ0n) is 8.28. The third kappa shape index (κ3) is 2.03. The minimum Gasteiger partial charge on any atom is -0.392 e. The summed E-state index contributed by atoms with van der Waals surface area (Å²) in [6.07, 6.45) is 4.83. The van der Waals surface area contributed by atoms with E-state index in [-0.39, 0.29) is 6.10 Å². The number of aliphatic hydroxyl groups is 1. The van der Waals surface area contributed by atoms with Crippen molar-refractivity contribution in [2.24, 2.45) is 0 Å². The lowest BCUT2D eigenvalue weighted by Crippen LogP contribution is -2.52. The third-order valence-corrected chi connectivity index (χ3v) is 3.35. The summed E-state index contributed by atoms with van der Waals surface area (Å²) >= 11 is 0. The molecule has 3 heteroatoms. The molecule has 0 spiro atoms. The van der Waals surface area contributed by atoms with Gasteiger partial charge < -0.3 is 9.84 Å². The monoisotopic (exact) mass is 185 g/mol. The van der Waals surface area contributed by atoms with Crippen LogP contribution < -0.4 is 0 Å². The largest absolute Gasteiger partial charge is 0.392 e. The number of hydrogen-bond donors (Lipinski definition) is 1. The van der Waals surface area contributed by atoms with E-state index in [4.69, 9.17) is 4.74 Å². The fourth-order valence-electron chi connectivity index (χ4n) is 2.34. The van der Waals surface area contributed by atoms with Gasteiger partial charge in [0.15, 0.2) is 0 Å². The first-order valence-corrected chi connectivity index (χ1v) is 5.24. The third-order valence-electron chi connectivity index (χ3n) is 3.35. The van der Waals surface area contributed by atoms with Crippen molar-refractivity contribution in [2.45, 2.75) is 43.9 Å². The van der Waals surface area contributed by atoms with Gasteiger partial charge in [0.1, 0.15) is 0 Å². The molecule has 2 fully saturated rings. The fourth-order valence-corrected chi connectivity index (χ4v) is 2.34. The van der Waals surface area contributed by atoms with Gasteiger partial charge in [-0.2, -0.15) is 0 Å². The quantitative estimate of drug-likeness (QED) is 0.684. The minimum absolute atomic E-state index is 0.0876. The number of piperidine rings is 1. The van der Waals surface area contributed by atoms with Crippen molar-refractivity contribution in [3.8, 4) is 0 Å². The molecule has 0 aromatic rings. The fraction of sp³-hybridized carbons (Fsp3) is 1.00. The van der Waals surface area contributed by atoms with Gasteiger partial charge >= 0.3 is 0 Å². The molecule has 1 aliphatic carbocycles. The Morgan fingerprint density at radius 3 is 2.77 bits per heavy atom. The van der Waals surface area contributed by atoms with Crippen molar-refractivity contribution >= 4 is 0 Å². The summed E-state index contributed by atoms with van der Waals surface area (Å²) in [6.45, 7) is 2.04. The van der Waals surface area contributed by atoms with Gasteiger partial charge in [0.2, 0.25) is 0 Å². The number of rotatable bonds is 2. The Morgan fingerprint density at radius 1 is 1.38 bits per heavy atom. The standard InChI is InChI=1S/C10H19NO2/c1-13-10-5-8(6-10)11-4-2-3-9(12)7-11/h8-10,12H,2-7H2,1H3/t8?,9-,10?/m0/s1. The molecule has 76 valence electrons. The van der Waals surface area contributed by atoms with E-state index >= 15 is 0 Å². The molecule has 2 rings (SSSR count). The Labute approximate surface area is 79.7 Å². The van der Waals surface area contributed by atoms with Crippen molar-refractivity contribution in [3.63, 3.8) is 0 Å². The van der Waals surface area contributed by atoms with Crippen LogP contribution in [0.1, 0.15) is 25.7 Å². The Balaban J connectivity index is 1.75. The average molecular weight is 185 g/mol. The molecular formula is C10H19NO2. The van der Waals surface area contributed by atoms with Crippen LogP contribution in [0.25, 0.3) is 0 Å².